The molecule has 150 valence electrons. The van der Waals surface area contributed by atoms with Crippen molar-refractivity contribution in [1.82, 2.24) is 15.3 Å². The molecule has 1 rings (SSSR count). The maximum atomic E-state index is 12.3. The highest BCUT2D eigenvalue weighted by atomic mass is 31.2. The number of rotatable bonds is 10. The molecule has 1 saturated heterocycles. The normalized spacial score (nSPS) is 20.7. The van der Waals surface area contributed by atoms with E-state index in [2.05, 4.69) is 10.4 Å². The first-order valence-corrected chi connectivity index (χ1v) is 10.2. The van der Waals surface area contributed by atoms with Crippen molar-refractivity contribution >= 4 is 25.5 Å². The molecule has 10 nitrogen and oxygen atoms in total. The quantitative estimate of drug-likeness (QED) is 0.388. The smallest absolute Gasteiger partial charge is 0.403 e. The highest BCUT2D eigenvalue weighted by molar-refractivity contribution is 7.50. The Morgan fingerprint density at radius 1 is 1.31 bits per heavy atom. The number of carboxylic acids is 1. The van der Waals surface area contributed by atoms with Gasteiger partial charge in [0.2, 0.25) is 11.8 Å². The number of carboxylic acid groups (broad SMARTS) is 1. The number of carbonyl (C=O) groups excluding carboxylic acids is 2. The molecule has 0 aromatic carbocycles. The van der Waals surface area contributed by atoms with Crippen molar-refractivity contribution in [3.05, 3.63) is 0 Å². The van der Waals surface area contributed by atoms with Gasteiger partial charge in [-0.2, -0.15) is 0 Å². The Kier molecular flexibility index (Phi) is 8.69. The van der Waals surface area contributed by atoms with Gasteiger partial charge in [-0.25, -0.2) is 9.65 Å². The van der Waals surface area contributed by atoms with E-state index >= 15 is 0 Å². The van der Waals surface area contributed by atoms with Crippen LogP contribution in [0.5, 0.6) is 0 Å². The first kappa shape index (κ1) is 22.6. The molecule has 0 spiro atoms. The van der Waals surface area contributed by atoms with Crippen LogP contribution >= 0.6 is 7.75 Å². The Morgan fingerprint density at radius 2 is 1.96 bits per heavy atom. The van der Waals surface area contributed by atoms with E-state index in [4.69, 9.17) is 9.63 Å². The van der Waals surface area contributed by atoms with Crippen LogP contribution in [-0.2, 0) is 23.5 Å². The molecule has 1 heterocycles. The van der Waals surface area contributed by atoms with Gasteiger partial charge in [0.25, 0.3) is 0 Å². The molecule has 0 aromatic rings. The molecular formula is C15H28N3O7P. The summed E-state index contributed by atoms with van der Waals surface area (Å²) in [7, 11) is -4.10. The van der Waals surface area contributed by atoms with E-state index in [0.29, 0.717) is 31.7 Å². The van der Waals surface area contributed by atoms with Gasteiger partial charge >= 0.3 is 13.7 Å². The number of nitrogens with one attached hydrogen (secondary N) is 2. The SMILES string of the molecule is CC(C)CCOP(=O)(O)NCC(=O)N1CCC[C@H]1C(=O)N[C@@H](C)C(=O)O. The number of hydrogen-bond donors (Lipinski definition) is 4. The summed E-state index contributed by atoms with van der Waals surface area (Å²) in [5.41, 5.74) is 0. The lowest BCUT2D eigenvalue weighted by atomic mass is 10.2. The van der Waals surface area contributed by atoms with Crippen LogP contribution in [0.15, 0.2) is 0 Å². The minimum absolute atomic E-state index is 0.0917. The largest absolute Gasteiger partial charge is 0.480 e. The topological polar surface area (TPSA) is 145 Å². The van der Waals surface area contributed by atoms with Gasteiger partial charge in [0.05, 0.1) is 13.2 Å². The lowest BCUT2D eigenvalue weighted by Gasteiger charge is -2.25. The number of aliphatic carboxylic acids is 1. The van der Waals surface area contributed by atoms with Gasteiger partial charge in [-0.3, -0.25) is 18.9 Å². The highest BCUT2D eigenvalue weighted by Crippen LogP contribution is 2.36. The van der Waals surface area contributed by atoms with Crippen molar-refractivity contribution in [1.29, 1.82) is 0 Å². The predicted octanol–water partition coefficient (Wildman–Crippen LogP) is 0.319. The van der Waals surface area contributed by atoms with Crippen LogP contribution < -0.4 is 10.4 Å². The molecule has 0 bridgehead atoms. The number of carbonyl (C=O) groups is 3. The monoisotopic (exact) mass is 393 g/mol. The minimum Gasteiger partial charge on any atom is -0.480 e. The summed E-state index contributed by atoms with van der Waals surface area (Å²) in [6, 6.07) is -1.85. The summed E-state index contributed by atoms with van der Waals surface area (Å²) >= 11 is 0. The summed E-state index contributed by atoms with van der Waals surface area (Å²) in [5.74, 6) is -1.93. The summed E-state index contributed by atoms with van der Waals surface area (Å²) in [4.78, 5) is 46.2. The highest BCUT2D eigenvalue weighted by Gasteiger charge is 2.35. The summed E-state index contributed by atoms with van der Waals surface area (Å²) < 4.78 is 16.7. The Morgan fingerprint density at radius 3 is 2.54 bits per heavy atom. The molecule has 0 radical (unpaired) electrons. The fraction of sp³-hybridized carbons (Fsp3) is 0.800. The molecule has 1 aliphatic heterocycles. The second kappa shape index (κ2) is 10.0. The summed E-state index contributed by atoms with van der Waals surface area (Å²) in [5, 5.41) is 13.4. The first-order valence-electron chi connectivity index (χ1n) is 8.58. The van der Waals surface area contributed by atoms with Gasteiger partial charge in [-0.05, 0) is 32.1 Å². The molecule has 26 heavy (non-hydrogen) atoms. The molecule has 4 N–H and O–H groups in total. The lowest BCUT2D eigenvalue weighted by Crippen LogP contribution is -2.51. The van der Waals surface area contributed by atoms with Crippen LogP contribution in [0.2, 0.25) is 0 Å². The molecule has 0 aliphatic carbocycles. The second-order valence-electron chi connectivity index (χ2n) is 6.68. The van der Waals surface area contributed by atoms with Crippen molar-refractivity contribution in [3.8, 4) is 0 Å². The molecule has 0 aromatic heterocycles. The van der Waals surface area contributed by atoms with E-state index in [-0.39, 0.29) is 6.61 Å². The van der Waals surface area contributed by atoms with Crippen LogP contribution in [0.1, 0.15) is 40.0 Å². The minimum atomic E-state index is -4.10. The fourth-order valence-corrected chi connectivity index (χ4v) is 3.22. The van der Waals surface area contributed by atoms with Gasteiger partial charge in [0, 0.05) is 6.54 Å². The number of likely N-dealkylation sites (tertiary alicyclic amines) is 1. The molecule has 0 saturated carbocycles. The van der Waals surface area contributed by atoms with Gasteiger partial charge in [-0.1, -0.05) is 13.8 Å². The zero-order chi connectivity index (χ0) is 19.9. The Balaban J connectivity index is 2.53. The van der Waals surface area contributed by atoms with Crippen molar-refractivity contribution in [2.75, 3.05) is 19.7 Å². The van der Waals surface area contributed by atoms with E-state index in [9.17, 15) is 23.8 Å². The molecule has 1 aliphatic rings. The van der Waals surface area contributed by atoms with E-state index in [1.807, 2.05) is 13.8 Å². The zero-order valence-corrected chi connectivity index (χ0v) is 16.2. The Bertz CT molecular complexity index is 569. The predicted molar refractivity (Wildman–Crippen MR) is 93.2 cm³/mol. The number of nitrogens with zero attached hydrogens (tertiary/aromatic N) is 1. The van der Waals surface area contributed by atoms with E-state index < -0.39 is 44.2 Å². The van der Waals surface area contributed by atoms with E-state index in [0.717, 1.165) is 0 Å². The molecule has 11 heteroatoms. The summed E-state index contributed by atoms with van der Waals surface area (Å²) in [6.45, 7) is 5.20. The van der Waals surface area contributed by atoms with Crippen LogP contribution in [0.25, 0.3) is 0 Å². The molecule has 1 unspecified atom stereocenters. The van der Waals surface area contributed by atoms with Gasteiger partial charge in [0.15, 0.2) is 0 Å². The van der Waals surface area contributed by atoms with Gasteiger partial charge < -0.3 is 20.2 Å². The zero-order valence-electron chi connectivity index (χ0n) is 15.3. The van der Waals surface area contributed by atoms with Crippen molar-refractivity contribution in [3.63, 3.8) is 0 Å². The third kappa shape index (κ3) is 7.41. The maximum absolute atomic E-state index is 12.3. The van der Waals surface area contributed by atoms with E-state index in [1.165, 1.54) is 11.8 Å². The van der Waals surface area contributed by atoms with Gasteiger partial charge in [0.1, 0.15) is 12.1 Å². The van der Waals surface area contributed by atoms with Crippen molar-refractivity contribution in [2.24, 2.45) is 5.92 Å². The van der Waals surface area contributed by atoms with Crippen molar-refractivity contribution < 1.29 is 33.5 Å². The summed E-state index contributed by atoms with van der Waals surface area (Å²) in [6.07, 6.45) is 1.61. The average Bonchev–Trinajstić information content (AvgIpc) is 3.01. The maximum Gasteiger partial charge on any atom is 0.403 e. The third-order valence-corrected chi connectivity index (χ3v) is 5.09. The molecule has 2 amide bonds. The molecule has 3 atom stereocenters. The first-order chi connectivity index (χ1) is 12.0. The third-order valence-electron chi connectivity index (χ3n) is 4.00. The van der Waals surface area contributed by atoms with Crippen molar-refractivity contribution in [2.45, 2.75) is 52.1 Å². The Labute approximate surface area is 152 Å². The lowest BCUT2D eigenvalue weighted by molar-refractivity contribution is -0.143. The Hall–Kier alpha value is -1.48. The number of amides is 2. The van der Waals surface area contributed by atoms with Crippen LogP contribution in [0, 0.1) is 5.92 Å². The van der Waals surface area contributed by atoms with Crippen LogP contribution in [0.3, 0.4) is 0 Å². The van der Waals surface area contributed by atoms with Crippen LogP contribution in [0.4, 0.5) is 0 Å². The van der Waals surface area contributed by atoms with Crippen LogP contribution in [-0.4, -0.2) is 64.5 Å². The average molecular weight is 393 g/mol. The fourth-order valence-electron chi connectivity index (χ4n) is 2.44. The van der Waals surface area contributed by atoms with Gasteiger partial charge in [-0.15, -0.1) is 0 Å². The molecule has 1 fully saturated rings. The number of hydrogen-bond acceptors (Lipinski definition) is 5. The standard InChI is InChI=1S/C15H28N3O7P/c1-10(2)6-8-25-26(23,24)16-9-13(19)18-7-4-5-12(18)14(20)17-11(3)15(21)22/h10-12H,4-9H2,1-3H3,(H,17,20)(H,21,22)(H2,16,23,24)/t11-,12-/m0/s1. The molecular weight excluding hydrogens is 365 g/mol. The second-order valence-corrected chi connectivity index (χ2v) is 8.30. The van der Waals surface area contributed by atoms with E-state index in [1.54, 1.807) is 0 Å².